The number of H-pyrrole nitrogens is 1. The zero-order chi connectivity index (χ0) is 13.4. The Morgan fingerprint density at radius 2 is 1.74 bits per heavy atom. The van der Waals surface area contributed by atoms with Crippen LogP contribution in [0.2, 0.25) is 0 Å². The molecule has 0 spiro atoms. The van der Waals surface area contributed by atoms with E-state index >= 15 is 0 Å². The molecule has 1 heterocycles. The molecule has 0 aliphatic rings. The van der Waals surface area contributed by atoms with E-state index in [1.165, 1.54) is 0 Å². The van der Waals surface area contributed by atoms with Gasteiger partial charge in [0.15, 0.2) is 0 Å². The number of hydrogen-bond acceptors (Lipinski definition) is 1. The quantitative estimate of drug-likeness (QED) is 0.696. The van der Waals surface area contributed by atoms with Gasteiger partial charge in [-0.1, -0.05) is 34.1 Å². The summed E-state index contributed by atoms with van der Waals surface area (Å²) in [5, 5.41) is 1.10. The zero-order valence-corrected chi connectivity index (χ0v) is 12.0. The van der Waals surface area contributed by atoms with E-state index in [4.69, 9.17) is 0 Å². The Balaban J connectivity index is 2.11. The van der Waals surface area contributed by atoms with Crippen LogP contribution in [0.25, 0.3) is 10.9 Å². The molecule has 3 heteroatoms. The summed E-state index contributed by atoms with van der Waals surface area (Å²) in [4.78, 5) is 15.7. The first-order valence-corrected chi connectivity index (χ1v) is 6.83. The number of para-hydroxylation sites is 1. The number of carbonyl (C=O) groups is 1. The summed E-state index contributed by atoms with van der Waals surface area (Å²) >= 11 is 3.37. The number of carbonyl (C=O) groups excluding carboxylic acids is 1. The number of aromatic amines is 1. The predicted octanol–water partition coefficient (Wildman–Crippen LogP) is 4.47. The minimum Gasteiger partial charge on any atom is -0.352 e. The van der Waals surface area contributed by atoms with E-state index < -0.39 is 0 Å². The number of halogens is 1. The van der Waals surface area contributed by atoms with Gasteiger partial charge in [0, 0.05) is 20.9 Å². The van der Waals surface area contributed by atoms with Crippen LogP contribution in [0.4, 0.5) is 0 Å². The SMILES string of the molecule is Cc1c(C(=O)c2ccc(Br)cc2)[nH]c2ccccc12. The van der Waals surface area contributed by atoms with Crippen molar-refractivity contribution in [2.75, 3.05) is 0 Å². The smallest absolute Gasteiger partial charge is 0.209 e. The van der Waals surface area contributed by atoms with Crippen LogP contribution in [0.15, 0.2) is 53.0 Å². The number of aromatic nitrogens is 1. The molecule has 1 aromatic heterocycles. The third-order valence-corrected chi connectivity index (χ3v) is 3.83. The fraction of sp³-hybridized carbons (Fsp3) is 0.0625. The maximum absolute atomic E-state index is 12.5. The highest BCUT2D eigenvalue weighted by atomic mass is 79.9. The molecule has 19 heavy (non-hydrogen) atoms. The van der Waals surface area contributed by atoms with Gasteiger partial charge in [-0.05, 0) is 42.8 Å². The number of aryl methyl sites for hydroxylation is 1. The molecule has 0 unspecified atom stereocenters. The molecule has 0 atom stereocenters. The minimum atomic E-state index is 0.0289. The van der Waals surface area contributed by atoms with Gasteiger partial charge in [0.25, 0.3) is 0 Å². The monoisotopic (exact) mass is 313 g/mol. The first kappa shape index (κ1) is 12.2. The molecule has 0 aliphatic heterocycles. The standard InChI is InChI=1S/C16H12BrNO/c1-10-13-4-2-3-5-14(13)18-15(10)16(19)11-6-8-12(17)9-7-11/h2-9,18H,1H3. The molecule has 3 aromatic rings. The molecular weight excluding hydrogens is 302 g/mol. The summed E-state index contributed by atoms with van der Waals surface area (Å²) in [6, 6.07) is 15.4. The van der Waals surface area contributed by atoms with E-state index in [2.05, 4.69) is 20.9 Å². The van der Waals surface area contributed by atoms with E-state index in [1.54, 1.807) is 0 Å². The average Bonchev–Trinajstić information content (AvgIpc) is 2.77. The van der Waals surface area contributed by atoms with Crippen LogP contribution in [0, 0.1) is 6.92 Å². The highest BCUT2D eigenvalue weighted by Crippen LogP contribution is 2.23. The molecule has 0 bridgehead atoms. The summed E-state index contributed by atoms with van der Waals surface area (Å²) in [7, 11) is 0. The van der Waals surface area contributed by atoms with E-state index in [9.17, 15) is 4.79 Å². The van der Waals surface area contributed by atoms with Crippen molar-refractivity contribution in [1.82, 2.24) is 4.98 Å². The van der Waals surface area contributed by atoms with Crippen LogP contribution in [0.5, 0.6) is 0 Å². The lowest BCUT2D eigenvalue weighted by Crippen LogP contribution is -2.03. The second-order valence-electron chi connectivity index (χ2n) is 4.51. The molecule has 2 nitrogen and oxygen atoms in total. The largest absolute Gasteiger partial charge is 0.352 e. The lowest BCUT2D eigenvalue weighted by atomic mass is 10.0. The lowest BCUT2D eigenvalue weighted by Gasteiger charge is -2.00. The van der Waals surface area contributed by atoms with E-state index in [-0.39, 0.29) is 5.78 Å². The Labute approximate surface area is 119 Å². The van der Waals surface area contributed by atoms with Crippen molar-refractivity contribution in [3.63, 3.8) is 0 Å². The Morgan fingerprint density at radius 1 is 1.05 bits per heavy atom. The summed E-state index contributed by atoms with van der Waals surface area (Å²) in [5.74, 6) is 0.0289. The van der Waals surface area contributed by atoms with Crippen molar-refractivity contribution in [3.8, 4) is 0 Å². The van der Waals surface area contributed by atoms with Crippen molar-refractivity contribution >= 4 is 32.6 Å². The van der Waals surface area contributed by atoms with Crippen LogP contribution in [0.1, 0.15) is 21.6 Å². The Hall–Kier alpha value is -1.87. The molecule has 0 fully saturated rings. The van der Waals surface area contributed by atoms with Gasteiger partial charge in [-0.25, -0.2) is 0 Å². The van der Waals surface area contributed by atoms with Gasteiger partial charge in [0.1, 0.15) is 0 Å². The molecule has 2 aromatic carbocycles. The van der Waals surface area contributed by atoms with Crippen LogP contribution < -0.4 is 0 Å². The summed E-state index contributed by atoms with van der Waals surface area (Å²) < 4.78 is 0.970. The van der Waals surface area contributed by atoms with E-state index in [0.29, 0.717) is 11.3 Å². The van der Waals surface area contributed by atoms with Crippen molar-refractivity contribution in [2.24, 2.45) is 0 Å². The van der Waals surface area contributed by atoms with Gasteiger partial charge in [-0.15, -0.1) is 0 Å². The molecule has 0 saturated carbocycles. The van der Waals surface area contributed by atoms with Gasteiger partial charge >= 0.3 is 0 Å². The second-order valence-corrected chi connectivity index (χ2v) is 5.42. The number of hydrogen-bond donors (Lipinski definition) is 1. The van der Waals surface area contributed by atoms with E-state index in [0.717, 1.165) is 20.9 Å². The molecule has 0 aliphatic carbocycles. The molecule has 0 saturated heterocycles. The summed E-state index contributed by atoms with van der Waals surface area (Å²) in [6.45, 7) is 1.98. The Bertz CT molecular complexity index is 756. The maximum atomic E-state index is 12.5. The third-order valence-electron chi connectivity index (χ3n) is 3.30. The fourth-order valence-electron chi connectivity index (χ4n) is 2.25. The average molecular weight is 314 g/mol. The summed E-state index contributed by atoms with van der Waals surface area (Å²) in [6.07, 6.45) is 0. The normalized spacial score (nSPS) is 10.8. The van der Waals surface area contributed by atoms with Crippen molar-refractivity contribution in [1.29, 1.82) is 0 Å². The number of rotatable bonds is 2. The molecule has 94 valence electrons. The molecular formula is C16H12BrNO. The molecule has 3 rings (SSSR count). The van der Waals surface area contributed by atoms with Gasteiger partial charge in [-0.2, -0.15) is 0 Å². The Kier molecular flexibility index (Phi) is 2.99. The van der Waals surface area contributed by atoms with Gasteiger partial charge < -0.3 is 4.98 Å². The minimum absolute atomic E-state index is 0.0289. The number of fused-ring (bicyclic) bond motifs is 1. The van der Waals surface area contributed by atoms with Crippen LogP contribution in [0.3, 0.4) is 0 Å². The van der Waals surface area contributed by atoms with Gasteiger partial charge in [0.2, 0.25) is 5.78 Å². The van der Waals surface area contributed by atoms with Gasteiger partial charge in [-0.3, -0.25) is 4.79 Å². The van der Waals surface area contributed by atoms with Crippen LogP contribution >= 0.6 is 15.9 Å². The number of nitrogens with one attached hydrogen (secondary N) is 1. The molecule has 1 N–H and O–H groups in total. The third kappa shape index (κ3) is 2.10. The lowest BCUT2D eigenvalue weighted by molar-refractivity contribution is 0.103. The highest BCUT2D eigenvalue weighted by molar-refractivity contribution is 9.10. The van der Waals surface area contributed by atoms with Crippen molar-refractivity contribution in [2.45, 2.75) is 6.92 Å². The fourth-order valence-corrected chi connectivity index (χ4v) is 2.52. The number of ketones is 1. The van der Waals surface area contributed by atoms with Crippen molar-refractivity contribution < 1.29 is 4.79 Å². The predicted molar refractivity (Wildman–Crippen MR) is 80.6 cm³/mol. The van der Waals surface area contributed by atoms with Gasteiger partial charge in [0.05, 0.1) is 5.69 Å². The van der Waals surface area contributed by atoms with Crippen molar-refractivity contribution in [3.05, 3.63) is 69.8 Å². The zero-order valence-electron chi connectivity index (χ0n) is 10.4. The first-order valence-electron chi connectivity index (χ1n) is 6.04. The summed E-state index contributed by atoms with van der Waals surface area (Å²) in [5.41, 5.74) is 3.37. The molecule has 0 amide bonds. The number of benzene rings is 2. The Morgan fingerprint density at radius 3 is 2.42 bits per heavy atom. The first-order chi connectivity index (χ1) is 9.16. The van der Waals surface area contributed by atoms with Crippen LogP contribution in [-0.4, -0.2) is 10.8 Å². The van der Waals surface area contributed by atoms with Crippen LogP contribution in [-0.2, 0) is 0 Å². The topological polar surface area (TPSA) is 32.9 Å². The highest BCUT2D eigenvalue weighted by Gasteiger charge is 2.15. The maximum Gasteiger partial charge on any atom is 0.209 e. The molecule has 0 radical (unpaired) electrons. The second kappa shape index (κ2) is 4.67. The van der Waals surface area contributed by atoms with E-state index in [1.807, 2.05) is 55.5 Å².